The fraction of sp³-hybridized carbons (Fsp3) is 0.273. The smallest absolute Gasteiger partial charge is 0.188 e. The highest BCUT2D eigenvalue weighted by Crippen LogP contribution is 2.18. The molecule has 6 heteroatoms. The molecule has 88 valence electrons. The zero-order chi connectivity index (χ0) is 12.3. The van der Waals surface area contributed by atoms with E-state index in [0.29, 0.717) is 10.9 Å². The molecule has 0 fully saturated rings. The largest absolute Gasteiger partial charge is 0.228 e. The lowest BCUT2D eigenvalue weighted by Gasteiger charge is -2.02. The molecule has 0 saturated carbocycles. The second-order valence-electron chi connectivity index (χ2n) is 3.57. The van der Waals surface area contributed by atoms with Crippen LogP contribution in [-0.4, -0.2) is 20.2 Å². The second-order valence-corrected chi connectivity index (χ2v) is 4.90. The van der Waals surface area contributed by atoms with Gasteiger partial charge in [0.2, 0.25) is 0 Å². The van der Waals surface area contributed by atoms with Crippen molar-refractivity contribution in [3.8, 4) is 0 Å². The highest BCUT2D eigenvalue weighted by Gasteiger charge is 2.02. The minimum Gasteiger partial charge on any atom is -0.228 e. The van der Waals surface area contributed by atoms with E-state index >= 15 is 0 Å². The lowest BCUT2D eigenvalue weighted by Crippen LogP contribution is -1.95. The van der Waals surface area contributed by atoms with Gasteiger partial charge in [-0.25, -0.2) is 9.97 Å². The normalized spacial score (nSPS) is 10.5. The third-order valence-corrected chi connectivity index (χ3v) is 3.08. The summed E-state index contributed by atoms with van der Waals surface area (Å²) < 4.78 is 0. The van der Waals surface area contributed by atoms with Gasteiger partial charge in [0.1, 0.15) is 0 Å². The van der Waals surface area contributed by atoms with Crippen molar-refractivity contribution >= 4 is 23.4 Å². The average molecular weight is 267 g/mol. The van der Waals surface area contributed by atoms with Crippen LogP contribution in [0.4, 0.5) is 0 Å². The number of rotatable bonds is 3. The first kappa shape index (κ1) is 12.3. The zero-order valence-electron chi connectivity index (χ0n) is 9.51. The second kappa shape index (κ2) is 5.42. The van der Waals surface area contributed by atoms with Crippen molar-refractivity contribution in [1.82, 2.24) is 20.2 Å². The Kier molecular flexibility index (Phi) is 3.91. The summed E-state index contributed by atoms with van der Waals surface area (Å²) in [5.41, 5.74) is 2.81. The summed E-state index contributed by atoms with van der Waals surface area (Å²) in [5, 5.41) is 8.93. The van der Waals surface area contributed by atoms with Crippen LogP contribution in [0.1, 0.15) is 17.1 Å². The predicted molar refractivity (Wildman–Crippen MR) is 68.1 cm³/mol. The Labute approximate surface area is 109 Å². The molecular formula is C11H11ClN4S. The maximum atomic E-state index is 5.67. The van der Waals surface area contributed by atoms with E-state index in [2.05, 4.69) is 20.2 Å². The van der Waals surface area contributed by atoms with Crippen molar-refractivity contribution < 1.29 is 0 Å². The van der Waals surface area contributed by atoms with Crippen LogP contribution in [0.5, 0.6) is 0 Å². The monoisotopic (exact) mass is 266 g/mol. The van der Waals surface area contributed by atoms with E-state index in [0.717, 1.165) is 22.2 Å². The first-order chi connectivity index (χ1) is 8.13. The van der Waals surface area contributed by atoms with Crippen molar-refractivity contribution in [1.29, 1.82) is 0 Å². The summed E-state index contributed by atoms with van der Waals surface area (Å²) in [6, 6.07) is 5.53. The molecule has 2 aromatic rings. The molecule has 4 nitrogen and oxygen atoms in total. The highest BCUT2D eigenvalue weighted by molar-refractivity contribution is 7.98. The maximum absolute atomic E-state index is 5.67. The third kappa shape index (κ3) is 3.64. The molecule has 0 bridgehead atoms. The maximum Gasteiger partial charge on any atom is 0.188 e. The van der Waals surface area contributed by atoms with Gasteiger partial charge in [-0.15, -0.1) is 5.10 Å². The van der Waals surface area contributed by atoms with Crippen LogP contribution < -0.4 is 0 Å². The van der Waals surface area contributed by atoms with Gasteiger partial charge in [0.25, 0.3) is 0 Å². The van der Waals surface area contributed by atoms with Crippen molar-refractivity contribution in [3.63, 3.8) is 0 Å². The molecule has 0 aromatic carbocycles. The summed E-state index contributed by atoms with van der Waals surface area (Å²) in [4.78, 5) is 8.69. The molecule has 0 saturated heterocycles. The van der Waals surface area contributed by atoms with Crippen LogP contribution in [0.3, 0.4) is 0 Å². The molecule has 2 heterocycles. The Hall–Kier alpha value is -1.20. The van der Waals surface area contributed by atoms with Crippen molar-refractivity contribution in [2.75, 3.05) is 0 Å². The van der Waals surface area contributed by atoms with Crippen molar-refractivity contribution in [2.45, 2.75) is 24.8 Å². The topological polar surface area (TPSA) is 51.6 Å². The van der Waals surface area contributed by atoms with Gasteiger partial charge in [-0.2, -0.15) is 5.10 Å². The molecule has 0 atom stereocenters. The molecule has 17 heavy (non-hydrogen) atoms. The minimum absolute atomic E-state index is 0.404. The lowest BCUT2D eigenvalue weighted by atomic mass is 10.4. The summed E-state index contributed by atoms with van der Waals surface area (Å²) in [6.07, 6.45) is 0. The summed E-state index contributed by atoms with van der Waals surface area (Å²) in [6.45, 7) is 3.92. The highest BCUT2D eigenvalue weighted by atomic mass is 35.5. The number of hydrogen-bond donors (Lipinski definition) is 0. The van der Waals surface area contributed by atoms with E-state index in [1.165, 1.54) is 11.8 Å². The lowest BCUT2D eigenvalue weighted by molar-refractivity contribution is 0.898. The average Bonchev–Trinajstić information content (AvgIpc) is 2.27. The Bertz CT molecular complexity index is 495. The van der Waals surface area contributed by atoms with Crippen LogP contribution in [0, 0.1) is 13.8 Å². The van der Waals surface area contributed by atoms with E-state index in [1.807, 2.05) is 26.0 Å². The van der Waals surface area contributed by atoms with Crippen LogP contribution in [0.15, 0.2) is 23.4 Å². The van der Waals surface area contributed by atoms with Crippen molar-refractivity contribution in [2.24, 2.45) is 0 Å². The third-order valence-electron chi connectivity index (χ3n) is 2.00. The van der Waals surface area contributed by atoms with Gasteiger partial charge < -0.3 is 0 Å². The Morgan fingerprint density at radius 1 is 1.12 bits per heavy atom. The van der Waals surface area contributed by atoms with Gasteiger partial charge in [0.15, 0.2) is 10.3 Å². The van der Waals surface area contributed by atoms with E-state index in [1.54, 1.807) is 6.07 Å². The quantitative estimate of drug-likeness (QED) is 0.632. The molecule has 0 spiro atoms. The summed E-state index contributed by atoms with van der Waals surface area (Å²) >= 11 is 7.21. The molecule has 0 radical (unpaired) electrons. The van der Waals surface area contributed by atoms with Crippen molar-refractivity contribution in [3.05, 3.63) is 40.4 Å². The van der Waals surface area contributed by atoms with E-state index in [9.17, 15) is 0 Å². The number of aromatic nitrogens is 4. The minimum atomic E-state index is 0.404. The number of nitrogens with zero attached hydrogens (tertiary/aromatic N) is 4. The number of halogens is 1. The molecule has 0 aliphatic heterocycles. The standard InChI is InChI=1S/C11H11ClN4S/c1-7-5-8(2)14-11(13-7)17-6-9-3-4-10(12)16-15-9/h3-5H,6H2,1-2H3. The molecule has 0 aliphatic carbocycles. The first-order valence-corrected chi connectivity index (χ1v) is 6.43. The number of hydrogen-bond acceptors (Lipinski definition) is 5. The summed E-state index contributed by atoms with van der Waals surface area (Å²) in [5.74, 6) is 0.688. The molecule has 0 aliphatic rings. The fourth-order valence-electron chi connectivity index (χ4n) is 1.32. The number of aryl methyl sites for hydroxylation is 2. The van der Waals surface area contributed by atoms with Gasteiger partial charge in [-0.3, -0.25) is 0 Å². The molecule has 0 N–H and O–H groups in total. The van der Waals surface area contributed by atoms with Gasteiger partial charge >= 0.3 is 0 Å². The number of thioether (sulfide) groups is 1. The van der Waals surface area contributed by atoms with Gasteiger partial charge in [-0.1, -0.05) is 23.4 Å². The summed E-state index contributed by atoms with van der Waals surface area (Å²) in [7, 11) is 0. The zero-order valence-corrected chi connectivity index (χ0v) is 11.1. The Morgan fingerprint density at radius 2 is 1.82 bits per heavy atom. The van der Waals surface area contributed by atoms with E-state index in [4.69, 9.17) is 11.6 Å². The van der Waals surface area contributed by atoms with Crippen LogP contribution >= 0.6 is 23.4 Å². The molecule has 2 rings (SSSR count). The molecular weight excluding hydrogens is 256 g/mol. The first-order valence-electron chi connectivity index (χ1n) is 5.07. The molecule has 2 aromatic heterocycles. The van der Waals surface area contributed by atoms with Gasteiger partial charge in [-0.05, 0) is 32.0 Å². The Morgan fingerprint density at radius 3 is 2.41 bits per heavy atom. The van der Waals surface area contributed by atoms with Gasteiger partial charge in [0, 0.05) is 17.1 Å². The van der Waals surface area contributed by atoms with Crippen LogP contribution in [0.25, 0.3) is 0 Å². The SMILES string of the molecule is Cc1cc(C)nc(SCc2ccc(Cl)nn2)n1. The molecule has 0 unspecified atom stereocenters. The van der Waals surface area contributed by atoms with Gasteiger partial charge in [0.05, 0.1) is 5.69 Å². The molecule has 0 amide bonds. The van der Waals surface area contributed by atoms with Crippen LogP contribution in [-0.2, 0) is 5.75 Å². The fourth-order valence-corrected chi connectivity index (χ4v) is 2.27. The van der Waals surface area contributed by atoms with Crippen LogP contribution in [0.2, 0.25) is 5.15 Å². The predicted octanol–water partition coefficient (Wildman–Crippen LogP) is 2.83. The van der Waals surface area contributed by atoms with E-state index in [-0.39, 0.29) is 0 Å². The van der Waals surface area contributed by atoms with E-state index < -0.39 is 0 Å². The Balaban J connectivity index is 2.04.